The van der Waals surface area contributed by atoms with Crippen LogP contribution < -0.4 is 16.1 Å². The Hall–Kier alpha value is -4.27. The normalized spacial score (nSPS) is 16.8. The van der Waals surface area contributed by atoms with E-state index in [0.717, 1.165) is 10.1 Å². The van der Waals surface area contributed by atoms with Crippen LogP contribution in [0.3, 0.4) is 0 Å². The van der Waals surface area contributed by atoms with Crippen LogP contribution in [-0.4, -0.2) is 17.1 Å². The summed E-state index contributed by atoms with van der Waals surface area (Å²) >= 11 is 12.4. The van der Waals surface area contributed by atoms with Crippen molar-refractivity contribution in [1.82, 2.24) is 4.57 Å². The van der Waals surface area contributed by atoms with Gasteiger partial charge < -0.3 is 18.6 Å². The predicted molar refractivity (Wildman–Crippen MR) is 144 cm³/mol. The minimum Gasteiger partial charge on any atom is -0.462 e. The fraction of sp³-hybridized carbons (Fsp3) is 0.138. The van der Waals surface area contributed by atoms with Gasteiger partial charge in [-0.1, -0.05) is 53.5 Å². The van der Waals surface area contributed by atoms with Gasteiger partial charge in [-0.15, -0.1) is 0 Å². The maximum Gasteiger partial charge on any atom is 0.426 e. The first-order valence-electron chi connectivity index (χ1n) is 12.0. The third kappa shape index (κ3) is 4.22. The summed E-state index contributed by atoms with van der Waals surface area (Å²) in [5.74, 6) is -1.39. The quantitative estimate of drug-likeness (QED) is 0.273. The van der Waals surface area contributed by atoms with Crippen LogP contribution in [0.5, 0.6) is 5.75 Å². The Balaban J connectivity index is 1.47. The summed E-state index contributed by atoms with van der Waals surface area (Å²) < 4.78 is 23.8. The van der Waals surface area contributed by atoms with E-state index in [9.17, 15) is 14.4 Å². The molecule has 0 bridgehead atoms. The third-order valence-electron chi connectivity index (χ3n) is 6.54. The predicted octanol–water partition coefficient (Wildman–Crippen LogP) is 6.03. The molecule has 0 amide bonds. The summed E-state index contributed by atoms with van der Waals surface area (Å²) in [4.78, 5) is 39.1. The first-order chi connectivity index (χ1) is 18.9. The lowest BCUT2D eigenvalue weighted by Crippen LogP contribution is -2.36. The number of nitrogens with zero attached hydrogens (tertiary/aromatic N) is 1. The van der Waals surface area contributed by atoms with Gasteiger partial charge in [0.1, 0.15) is 16.9 Å². The number of carbonyl (C=O) groups is 1. The van der Waals surface area contributed by atoms with E-state index in [0.29, 0.717) is 21.9 Å². The van der Waals surface area contributed by atoms with Crippen molar-refractivity contribution in [3.8, 4) is 22.8 Å². The van der Waals surface area contributed by atoms with Crippen LogP contribution in [0.1, 0.15) is 40.4 Å². The molecule has 0 saturated heterocycles. The lowest BCUT2D eigenvalue weighted by Gasteiger charge is -2.27. The molecule has 39 heavy (non-hydrogen) atoms. The average molecular weight is 564 g/mol. The van der Waals surface area contributed by atoms with Crippen molar-refractivity contribution < 1.29 is 23.4 Å². The molecule has 0 saturated carbocycles. The number of hydrogen-bond acceptors (Lipinski definition) is 7. The van der Waals surface area contributed by atoms with E-state index in [-0.39, 0.29) is 34.6 Å². The highest BCUT2D eigenvalue weighted by Crippen LogP contribution is 2.51. The maximum atomic E-state index is 13.9. The molecule has 0 N–H and O–H groups in total. The van der Waals surface area contributed by atoms with Gasteiger partial charge in [-0.05, 0) is 43.3 Å². The number of fused-ring (bicyclic) bond motifs is 6. The molecule has 1 aliphatic heterocycles. The molecule has 2 atom stereocenters. The van der Waals surface area contributed by atoms with E-state index in [1.54, 1.807) is 43.3 Å². The van der Waals surface area contributed by atoms with Gasteiger partial charge in [-0.3, -0.25) is 4.79 Å². The Morgan fingerprint density at radius 3 is 2.54 bits per heavy atom. The topological polar surface area (TPSA) is 97.0 Å². The number of halogens is 2. The minimum absolute atomic E-state index is 0.132. The van der Waals surface area contributed by atoms with Gasteiger partial charge in [0.15, 0.2) is 5.75 Å². The van der Waals surface area contributed by atoms with Crippen LogP contribution in [-0.2, 0) is 9.47 Å². The Morgan fingerprint density at radius 1 is 1.00 bits per heavy atom. The molecule has 2 heterocycles. The smallest absolute Gasteiger partial charge is 0.426 e. The van der Waals surface area contributed by atoms with Crippen molar-refractivity contribution in [3.63, 3.8) is 0 Å². The number of esters is 1. The Morgan fingerprint density at radius 2 is 1.77 bits per heavy atom. The van der Waals surface area contributed by atoms with Crippen LogP contribution in [0.4, 0.5) is 0 Å². The highest BCUT2D eigenvalue weighted by molar-refractivity contribution is 6.42. The third-order valence-corrected chi connectivity index (χ3v) is 7.35. The van der Waals surface area contributed by atoms with E-state index in [1.807, 2.05) is 12.1 Å². The molecule has 1 aromatic heterocycles. The zero-order chi connectivity index (χ0) is 27.3. The second kappa shape index (κ2) is 9.80. The first kappa shape index (κ1) is 25.0. The molecule has 2 aliphatic rings. The Bertz CT molecular complexity index is 1770. The monoisotopic (exact) mass is 563 g/mol. The summed E-state index contributed by atoms with van der Waals surface area (Å²) in [5, 5.41) is 0.540. The van der Waals surface area contributed by atoms with Gasteiger partial charge in [-0.25, -0.2) is 14.2 Å². The van der Waals surface area contributed by atoms with Crippen LogP contribution in [0, 0.1) is 0 Å². The van der Waals surface area contributed by atoms with Gasteiger partial charge in [0.05, 0.1) is 34.4 Å². The van der Waals surface area contributed by atoms with Crippen molar-refractivity contribution in [2.75, 3.05) is 6.61 Å². The van der Waals surface area contributed by atoms with Crippen molar-refractivity contribution in [3.05, 3.63) is 126 Å². The molecule has 10 heteroatoms. The molecular formula is C29H19Cl2NO7. The molecule has 2 unspecified atom stereocenters. The average Bonchev–Trinajstić information content (AvgIpc) is 3.35. The first-order valence-corrected chi connectivity index (χ1v) is 12.8. The number of carbonyl (C=O) groups excluding carboxylic acids is 1. The fourth-order valence-electron chi connectivity index (χ4n) is 4.81. The highest BCUT2D eigenvalue weighted by atomic mass is 35.5. The zero-order valence-corrected chi connectivity index (χ0v) is 21.9. The molecule has 0 spiro atoms. The number of rotatable bonds is 5. The number of aromatic nitrogens is 1. The van der Waals surface area contributed by atoms with Crippen molar-refractivity contribution in [2.24, 2.45) is 0 Å². The molecule has 3 aromatic carbocycles. The molecule has 1 aliphatic carbocycles. The molecule has 0 radical (unpaired) electrons. The van der Waals surface area contributed by atoms with E-state index in [4.69, 9.17) is 41.8 Å². The van der Waals surface area contributed by atoms with Gasteiger partial charge in [0.2, 0.25) is 0 Å². The minimum atomic E-state index is -0.860. The second-order valence-corrected chi connectivity index (χ2v) is 9.60. The lowest BCUT2D eigenvalue weighted by molar-refractivity contribution is 0.0526. The summed E-state index contributed by atoms with van der Waals surface area (Å²) in [6.45, 7) is 1.93. The van der Waals surface area contributed by atoms with Crippen molar-refractivity contribution in [2.45, 2.75) is 18.9 Å². The number of hydrogen-bond donors (Lipinski definition) is 0. The van der Waals surface area contributed by atoms with Gasteiger partial charge >= 0.3 is 11.7 Å². The number of benzene rings is 3. The summed E-state index contributed by atoms with van der Waals surface area (Å²) in [6.07, 6.45) is 1.05. The van der Waals surface area contributed by atoms with E-state index in [1.165, 1.54) is 24.3 Å². The largest absolute Gasteiger partial charge is 0.462 e. The maximum absolute atomic E-state index is 13.9. The van der Waals surface area contributed by atoms with Crippen LogP contribution >= 0.6 is 23.2 Å². The van der Waals surface area contributed by atoms with E-state index < -0.39 is 29.3 Å². The highest BCUT2D eigenvalue weighted by Gasteiger charge is 2.43. The number of ether oxygens (including phenoxy) is 3. The standard InChI is InChI=1S/C29H19Cl2NO7/c1-2-36-28(34)15-10-12-16(13-11-15)32-27(33)23-19-14-22(37-21-9-5-8-20(30)24(21)31)38-25(19)17-6-3-4-7-18(17)26(23)39-29(32)35/h3-14,19,25H,2H2,1H3. The fourth-order valence-corrected chi connectivity index (χ4v) is 5.14. The van der Waals surface area contributed by atoms with Crippen molar-refractivity contribution in [1.29, 1.82) is 0 Å². The van der Waals surface area contributed by atoms with E-state index >= 15 is 0 Å². The summed E-state index contributed by atoms with van der Waals surface area (Å²) in [6, 6.07) is 18.1. The van der Waals surface area contributed by atoms with Gasteiger partial charge in [0.25, 0.3) is 11.5 Å². The van der Waals surface area contributed by atoms with Crippen molar-refractivity contribution >= 4 is 29.2 Å². The SMILES string of the molecule is CCOC(=O)c1ccc(-n2c(=O)oc3c(c2=O)C2C=C(Oc4cccc(Cl)c4Cl)OC2c2ccccc2-3)cc1. The van der Waals surface area contributed by atoms with Gasteiger partial charge in [-0.2, -0.15) is 0 Å². The zero-order valence-electron chi connectivity index (χ0n) is 20.4. The molecule has 0 fully saturated rings. The molecule has 196 valence electrons. The Labute approximate surface area is 231 Å². The van der Waals surface area contributed by atoms with Gasteiger partial charge in [0, 0.05) is 17.2 Å². The van der Waals surface area contributed by atoms with Crippen LogP contribution in [0.15, 0.2) is 92.8 Å². The summed E-state index contributed by atoms with van der Waals surface area (Å²) in [5.41, 5.74) is 1.51. The molecule has 8 nitrogen and oxygen atoms in total. The van der Waals surface area contributed by atoms with Crippen LogP contribution in [0.25, 0.3) is 17.0 Å². The molecular weight excluding hydrogens is 545 g/mol. The lowest BCUT2D eigenvalue weighted by atomic mass is 9.81. The Kier molecular flexibility index (Phi) is 6.29. The van der Waals surface area contributed by atoms with Crippen LogP contribution in [0.2, 0.25) is 10.0 Å². The second-order valence-electron chi connectivity index (χ2n) is 8.81. The summed E-state index contributed by atoms with van der Waals surface area (Å²) in [7, 11) is 0. The van der Waals surface area contributed by atoms with E-state index in [2.05, 4.69) is 0 Å². The molecule has 4 aromatic rings. The molecule has 6 rings (SSSR count).